The number of benzene rings is 2. The third kappa shape index (κ3) is 2.32. The number of carboxylic acids is 1. The van der Waals surface area contributed by atoms with Gasteiger partial charge < -0.3 is 5.11 Å². The largest absolute Gasteiger partial charge is 0.481 e. The Morgan fingerprint density at radius 2 is 1.86 bits per heavy atom. The molecule has 21 heavy (non-hydrogen) atoms. The number of rotatable bonds is 3. The standard InChI is InChI=1S/C17H14ClFO2/c18-15-8-13(19)6-7-14(15)17(16(20)21)9-12(10-17)11-4-2-1-3-5-11/h1-8,12H,9-10H2,(H,20,21). The van der Waals surface area contributed by atoms with Crippen LogP contribution in [0.3, 0.4) is 0 Å². The fraction of sp³-hybridized carbons (Fsp3) is 0.235. The van der Waals surface area contributed by atoms with E-state index < -0.39 is 17.2 Å². The minimum Gasteiger partial charge on any atom is -0.481 e. The maximum Gasteiger partial charge on any atom is 0.314 e. The number of hydrogen-bond acceptors (Lipinski definition) is 1. The lowest BCUT2D eigenvalue weighted by Crippen LogP contribution is -2.47. The molecule has 0 radical (unpaired) electrons. The zero-order valence-electron chi connectivity index (χ0n) is 11.2. The van der Waals surface area contributed by atoms with Crippen LogP contribution in [-0.2, 0) is 10.2 Å². The number of aliphatic carboxylic acids is 1. The number of carboxylic acid groups (broad SMARTS) is 1. The quantitative estimate of drug-likeness (QED) is 0.913. The van der Waals surface area contributed by atoms with Crippen LogP contribution in [0.15, 0.2) is 48.5 Å². The Morgan fingerprint density at radius 1 is 1.19 bits per heavy atom. The molecule has 108 valence electrons. The van der Waals surface area contributed by atoms with Crippen LogP contribution in [-0.4, -0.2) is 11.1 Å². The van der Waals surface area contributed by atoms with Crippen LogP contribution in [0.2, 0.25) is 5.02 Å². The van der Waals surface area contributed by atoms with Gasteiger partial charge in [0.05, 0.1) is 5.41 Å². The maximum absolute atomic E-state index is 13.2. The lowest BCUT2D eigenvalue weighted by Gasteiger charge is -2.45. The van der Waals surface area contributed by atoms with Crippen LogP contribution in [0.25, 0.3) is 0 Å². The monoisotopic (exact) mass is 304 g/mol. The zero-order chi connectivity index (χ0) is 15.0. The Balaban J connectivity index is 1.93. The molecular formula is C17H14ClFO2. The Morgan fingerprint density at radius 3 is 2.43 bits per heavy atom. The summed E-state index contributed by atoms with van der Waals surface area (Å²) in [6.45, 7) is 0. The summed E-state index contributed by atoms with van der Waals surface area (Å²) >= 11 is 6.06. The average Bonchev–Trinajstić information content (AvgIpc) is 2.40. The van der Waals surface area contributed by atoms with E-state index in [9.17, 15) is 14.3 Å². The first-order valence-electron chi connectivity index (χ1n) is 6.77. The molecule has 1 fully saturated rings. The van der Waals surface area contributed by atoms with Crippen molar-refractivity contribution >= 4 is 17.6 Å². The molecule has 0 aliphatic heterocycles. The van der Waals surface area contributed by atoms with Crippen LogP contribution in [0.5, 0.6) is 0 Å². The topological polar surface area (TPSA) is 37.3 Å². The van der Waals surface area contributed by atoms with Gasteiger partial charge in [-0.1, -0.05) is 48.0 Å². The van der Waals surface area contributed by atoms with E-state index in [-0.39, 0.29) is 10.9 Å². The minimum absolute atomic E-state index is 0.184. The molecule has 2 nitrogen and oxygen atoms in total. The van der Waals surface area contributed by atoms with E-state index in [1.807, 2.05) is 30.3 Å². The summed E-state index contributed by atoms with van der Waals surface area (Å²) in [5.74, 6) is -1.16. The van der Waals surface area contributed by atoms with Crippen molar-refractivity contribution in [1.82, 2.24) is 0 Å². The number of halogens is 2. The van der Waals surface area contributed by atoms with E-state index in [4.69, 9.17) is 11.6 Å². The molecule has 2 aromatic carbocycles. The van der Waals surface area contributed by atoms with Gasteiger partial charge in [0.1, 0.15) is 5.82 Å². The molecule has 0 atom stereocenters. The summed E-state index contributed by atoms with van der Waals surface area (Å²) in [6.07, 6.45) is 0.968. The first-order chi connectivity index (χ1) is 10.0. The van der Waals surface area contributed by atoms with Gasteiger partial charge in [0, 0.05) is 5.02 Å². The van der Waals surface area contributed by atoms with Crippen molar-refractivity contribution < 1.29 is 14.3 Å². The summed E-state index contributed by atoms with van der Waals surface area (Å²) in [7, 11) is 0. The summed E-state index contributed by atoms with van der Waals surface area (Å²) in [6, 6.07) is 13.8. The van der Waals surface area contributed by atoms with Gasteiger partial charge in [0.15, 0.2) is 0 Å². The molecule has 0 bridgehead atoms. The number of hydrogen-bond donors (Lipinski definition) is 1. The van der Waals surface area contributed by atoms with E-state index >= 15 is 0 Å². The molecule has 4 heteroatoms. The SMILES string of the molecule is O=C(O)C1(c2ccc(F)cc2Cl)CC(c2ccccc2)C1. The minimum atomic E-state index is -1.01. The first kappa shape index (κ1) is 14.1. The summed E-state index contributed by atoms with van der Waals surface area (Å²) < 4.78 is 13.2. The second-order valence-electron chi connectivity index (χ2n) is 5.53. The van der Waals surface area contributed by atoms with Crippen molar-refractivity contribution in [3.63, 3.8) is 0 Å². The molecule has 0 spiro atoms. The fourth-order valence-electron chi connectivity index (χ4n) is 3.13. The smallest absolute Gasteiger partial charge is 0.314 e. The van der Waals surface area contributed by atoms with E-state index in [2.05, 4.69) is 0 Å². The van der Waals surface area contributed by atoms with Crippen LogP contribution < -0.4 is 0 Å². The normalized spacial score (nSPS) is 24.4. The first-order valence-corrected chi connectivity index (χ1v) is 7.14. The molecule has 1 saturated carbocycles. The summed E-state index contributed by atoms with van der Waals surface area (Å²) in [5.41, 5.74) is 0.628. The Bertz CT molecular complexity index is 678. The molecular weight excluding hydrogens is 291 g/mol. The molecule has 0 unspecified atom stereocenters. The van der Waals surface area contributed by atoms with Gasteiger partial charge in [0.2, 0.25) is 0 Å². The van der Waals surface area contributed by atoms with Crippen molar-refractivity contribution in [2.45, 2.75) is 24.2 Å². The predicted molar refractivity (Wildman–Crippen MR) is 79.1 cm³/mol. The summed E-state index contributed by atoms with van der Waals surface area (Å²) in [5, 5.41) is 9.83. The highest BCUT2D eigenvalue weighted by molar-refractivity contribution is 6.31. The summed E-state index contributed by atoms with van der Waals surface area (Å²) in [4.78, 5) is 11.8. The second-order valence-corrected chi connectivity index (χ2v) is 5.93. The lowest BCUT2D eigenvalue weighted by atomic mass is 9.57. The van der Waals surface area contributed by atoms with Crippen LogP contribution in [0.4, 0.5) is 4.39 Å². The Hall–Kier alpha value is -1.87. The van der Waals surface area contributed by atoms with E-state index in [1.54, 1.807) is 0 Å². The van der Waals surface area contributed by atoms with Gasteiger partial charge in [-0.05, 0) is 42.0 Å². The lowest BCUT2D eigenvalue weighted by molar-refractivity contribution is -0.148. The van der Waals surface area contributed by atoms with E-state index in [0.29, 0.717) is 18.4 Å². The molecule has 0 heterocycles. The van der Waals surface area contributed by atoms with Gasteiger partial charge in [0.25, 0.3) is 0 Å². The van der Waals surface area contributed by atoms with Gasteiger partial charge in [-0.25, -0.2) is 4.39 Å². The van der Waals surface area contributed by atoms with Crippen molar-refractivity contribution in [1.29, 1.82) is 0 Å². The third-order valence-electron chi connectivity index (χ3n) is 4.32. The highest BCUT2D eigenvalue weighted by Crippen LogP contribution is 2.54. The third-order valence-corrected chi connectivity index (χ3v) is 4.63. The molecule has 1 aliphatic rings. The maximum atomic E-state index is 13.2. The molecule has 1 N–H and O–H groups in total. The molecule has 2 aromatic rings. The highest BCUT2D eigenvalue weighted by Gasteiger charge is 2.52. The van der Waals surface area contributed by atoms with Crippen LogP contribution in [0.1, 0.15) is 29.9 Å². The average molecular weight is 305 g/mol. The van der Waals surface area contributed by atoms with E-state index in [1.165, 1.54) is 18.2 Å². The zero-order valence-corrected chi connectivity index (χ0v) is 12.0. The van der Waals surface area contributed by atoms with Gasteiger partial charge in [-0.2, -0.15) is 0 Å². The van der Waals surface area contributed by atoms with Crippen molar-refractivity contribution in [3.05, 3.63) is 70.5 Å². The molecule has 0 aromatic heterocycles. The van der Waals surface area contributed by atoms with Crippen molar-refractivity contribution in [3.8, 4) is 0 Å². The second kappa shape index (κ2) is 5.15. The molecule has 1 aliphatic carbocycles. The predicted octanol–water partition coefficient (Wildman–Crippen LogP) is 4.38. The van der Waals surface area contributed by atoms with Crippen LogP contribution >= 0.6 is 11.6 Å². The fourth-order valence-corrected chi connectivity index (χ4v) is 3.48. The molecule has 0 saturated heterocycles. The molecule has 0 amide bonds. The van der Waals surface area contributed by atoms with Crippen LogP contribution in [0, 0.1) is 5.82 Å². The van der Waals surface area contributed by atoms with E-state index in [0.717, 1.165) is 5.56 Å². The van der Waals surface area contributed by atoms with Gasteiger partial charge in [-0.15, -0.1) is 0 Å². The van der Waals surface area contributed by atoms with Crippen molar-refractivity contribution in [2.24, 2.45) is 0 Å². The van der Waals surface area contributed by atoms with Gasteiger partial charge in [-0.3, -0.25) is 4.79 Å². The highest BCUT2D eigenvalue weighted by atomic mass is 35.5. The Kier molecular flexibility index (Phi) is 3.46. The Labute approximate surface area is 127 Å². The van der Waals surface area contributed by atoms with Gasteiger partial charge >= 0.3 is 5.97 Å². The number of carbonyl (C=O) groups is 1. The molecule has 3 rings (SSSR count). The van der Waals surface area contributed by atoms with Crippen molar-refractivity contribution in [2.75, 3.05) is 0 Å².